The van der Waals surface area contributed by atoms with E-state index in [1.54, 1.807) is 21.3 Å². The largest absolute Gasteiger partial charge is 0.493 e. The zero-order valence-electron chi connectivity index (χ0n) is 19.1. The van der Waals surface area contributed by atoms with Crippen molar-refractivity contribution in [2.75, 3.05) is 33.2 Å². The van der Waals surface area contributed by atoms with Crippen LogP contribution in [0.1, 0.15) is 43.7 Å². The summed E-state index contributed by atoms with van der Waals surface area (Å²) in [7, 11) is 4.75. The Labute approximate surface area is 185 Å². The summed E-state index contributed by atoms with van der Waals surface area (Å²) in [5.41, 5.74) is 3.00. The number of hydrogen-bond donors (Lipinski definition) is 1. The van der Waals surface area contributed by atoms with Crippen molar-refractivity contribution in [1.82, 2.24) is 4.90 Å². The maximum absolute atomic E-state index is 12.5. The SMILES string of the molecule is COc1ccc(CCC(=O)Nc2ccc(CN3CCCCC3C)cc2)c(OC)c1OC. The number of carbonyl (C=O) groups is 1. The van der Waals surface area contributed by atoms with Crippen LogP contribution in [0.25, 0.3) is 0 Å². The summed E-state index contributed by atoms with van der Waals surface area (Å²) in [5.74, 6) is 1.72. The summed E-state index contributed by atoms with van der Waals surface area (Å²) in [5, 5.41) is 2.99. The Balaban J connectivity index is 1.55. The lowest BCUT2D eigenvalue weighted by Gasteiger charge is -2.33. The second-order valence-corrected chi connectivity index (χ2v) is 8.05. The van der Waals surface area contributed by atoms with Crippen molar-refractivity contribution in [2.45, 2.75) is 51.6 Å². The van der Waals surface area contributed by atoms with Gasteiger partial charge >= 0.3 is 0 Å². The number of nitrogens with zero attached hydrogens (tertiary/aromatic N) is 1. The van der Waals surface area contributed by atoms with E-state index in [0.29, 0.717) is 36.1 Å². The van der Waals surface area contributed by atoms with Gasteiger partial charge in [-0.1, -0.05) is 24.6 Å². The highest BCUT2D eigenvalue weighted by Crippen LogP contribution is 2.40. The predicted octanol–water partition coefficient (Wildman–Crippen LogP) is 4.66. The monoisotopic (exact) mass is 426 g/mol. The zero-order chi connectivity index (χ0) is 22.2. The third-order valence-electron chi connectivity index (χ3n) is 5.97. The molecule has 3 rings (SSSR count). The molecule has 6 nitrogen and oxygen atoms in total. The number of anilines is 1. The van der Waals surface area contributed by atoms with Crippen LogP contribution in [0, 0.1) is 0 Å². The molecule has 31 heavy (non-hydrogen) atoms. The van der Waals surface area contributed by atoms with Gasteiger partial charge in [-0.3, -0.25) is 9.69 Å². The van der Waals surface area contributed by atoms with Crippen LogP contribution in [0.4, 0.5) is 5.69 Å². The molecule has 0 bridgehead atoms. The Morgan fingerprint density at radius 2 is 1.74 bits per heavy atom. The molecule has 1 amide bonds. The van der Waals surface area contributed by atoms with Crippen LogP contribution in [-0.2, 0) is 17.8 Å². The van der Waals surface area contributed by atoms with Crippen molar-refractivity contribution in [3.63, 3.8) is 0 Å². The van der Waals surface area contributed by atoms with Crippen molar-refractivity contribution in [3.05, 3.63) is 47.5 Å². The van der Waals surface area contributed by atoms with Gasteiger partial charge in [0, 0.05) is 24.7 Å². The molecule has 0 aliphatic carbocycles. The number of nitrogens with one attached hydrogen (secondary N) is 1. The Bertz CT molecular complexity index is 867. The van der Waals surface area contributed by atoms with Crippen LogP contribution in [-0.4, -0.2) is 44.7 Å². The molecular weight excluding hydrogens is 392 g/mol. The summed E-state index contributed by atoms with van der Waals surface area (Å²) < 4.78 is 16.2. The van der Waals surface area contributed by atoms with E-state index >= 15 is 0 Å². The molecule has 0 spiro atoms. The Morgan fingerprint density at radius 1 is 1.00 bits per heavy atom. The summed E-state index contributed by atoms with van der Waals surface area (Å²) in [6, 6.07) is 12.6. The van der Waals surface area contributed by atoms with Gasteiger partial charge in [0.25, 0.3) is 0 Å². The minimum Gasteiger partial charge on any atom is -0.493 e. The van der Waals surface area contributed by atoms with Crippen molar-refractivity contribution in [3.8, 4) is 17.2 Å². The lowest BCUT2D eigenvalue weighted by molar-refractivity contribution is -0.116. The molecular formula is C25H34N2O4. The zero-order valence-corrected chi connectivity index (χ0v) is 19.1. The number of amides is 1. The van der Waals surface area contributed by atoms with Crippen molar-refractivity contribution in [2.24, 2.45) is 0 Å². The average molecular weight is 427 g/mol. The van der Waals surface area contributed by atoms with Gasteiger partial charge in [-0.15, -0.1) is 0 Å². The van der Waals surface area contributed by atoms with Crippen molar-refractivity contribution >= 4 is 11.6 Å². The molecule has 1 fully saturated rings. The molecule has 2 aromatic rings. The van der Waals surface area contributed by atoms with Gasteiger partial charge in [-0.05, 0) is 62.1 Å². The number of ether oxygens (including phenoxy) is 3. The van der Waals surface area contributed by atoms with E-state index in [0.717, 1.165) is 17.8 Å². The Kier molecular flexibility index (Phi) is 8.18. The minimum atomic E-state index is -0.0331. The van der Waals surface area contributed by atoms with E-state index in [1.165, 1.54) is 31.4 Å². The third-order valence-corrected chi connectivity index (χ3v) is 5.97. The topological polar surface area (TPSA) is 60.0 Å². The van der Waals surface area contributed by atoms with Crippen LogP contribution >= 0.6 is 0 Å². The standard InChI is InChI=1S/C25H34N2O4/c1-18-7-5-6-16-27(18)17-19-8-12-21(13-9-19)26-23(28)15-11-20-10-14-22(29-2)25(31-4)24(20)30-3/h8-10,12-14,18H,5-7,11,15-17H2,1-4H3,(H,26,28). The van der Waals surface area contributed by atoms with Gasteiger partial charge in [0.1, 0.15) is 0 Å². The number of benzene rings is 2. The van der Waals surface area contributed by atoms with E-state index in [9.17, 15) is 4.79 Å². The highest BCUT2D eigenvalue weighted by Gasteiger charge is 2.18. The van der Waals surface area contributed by atoms with Gasteiger partial charge in [-0.25, -0.2) is 0 Å². The van der Waals surface area contributed by atoms with Crippen LogP contribution in [0.5, 0.6) is 17.2 Å². The quantitative estimate of drug-likeness (QED) is 0.632. The van der Waals surface area contributed by atoms with E-state index in [4.69, 9.17) is 14.2 Å². The second kappa shape index (κ2) is 11.0. The second-order valence-electron chi connectivity index (χ2n) is 8.05. The lowest BCUT2D eigenvalue weighted by atomic mass is 10.0. The highest BCUT2D eigenvalue weighted by atomic mass is 16.5. The number of methoxy groups -OCH3 is 3. The van der Waals surface area contributed by atoms with Gasteiger partial charge in [-0.2, -0.15) is 0 Å². The summed E-state index contributed by atoms with van der Waals surface area (Å²) in [6.07, 6.45) is 4.78. The van der Waals surface area contributed by atoms with E-state index in [2.05, 4.69) is 29.3 Å². The molecule has 1 atom stereocenters. The summed E-state index contributed by atoms with van der Waals surface area (Å²) >= 11 is 0. The van der Waals surface area contributed by atoms with Crippen LogP contribution in [0.2, 0.25) is 0 Å². The molecule has 1 aliphatic rings. The minimum absolute atomic E-state index is 0.0331. The number of rotatable bonds is 9. The number of hydrogen-bond acceptors (Lipinski definition) is 5. The fourth-order valence-corrected chi connectivity index (χ4v) is 4.15. The molecule has 0 radical (unpaired) electrons. The van der Waals surface area contributed by atoms with Crippen LogP contribution in [0.15, 0.2) is 36.4 Å². The number of piperidine rings is 1. The fourth-order valence-electron chi connectivity index (χ4n) is 4.15. The maximum Gasteiger partial charge on any atom is 0.224 e. The van der Waals surface area contributed by atoms with Crippen LogP contribution < -0.4 is 19.5 Å². The molecule has 6 heteroatoms. The average Bonchev–Trinajstić information content (AvgIpc) is 2.79. The summed E-state index contributed by atoms with van der Waals surface area (Å²) in [6.45, 7) is 4.44. The summed E-state index contributed by atoms with van der Waals surface area (Å²) in [4.78, 5) is 15.0. The first-order chi connectivity index (χ1) is 15.0. The molecule has 1 heterocycles. The number of aryl methyl sites for hydroxylation is 1. The third kappa shape index (κ3) is 5.91. The highest BCUT2D eigenvalue weighted by molar-refractivity contribution is 5.90. The smallest absolute Gasteiger partial charge is 0.224 e. The molecule has 1 N–H and O–H groups in total. The molecule has 2 aromatic carbocycles. The number of likely N-dealkylation sites (tertiary alicyclic amines) is 1. The van der Waals surface area contributed by atoms with Gasteiger partial charge < -0.3 is 19.5 Å². The first kappa shape index (κ1) is 22.9. The van der Waals surface area contributed by atoms with E-state index in [-0.39, 0.29) is 5.91 Å². The molecule has 1 aliphatic heterocycles. The molecule has 1 saturated heterocycles. The molecule has 0 saturated carbocycles. The Hall–Kier alpha value is -2.73. The predicted molar refractivity (Wildman–Crippen MR) is 123 cm³/mol. The molecule has 1 unspecified atom stereocenters. The van der Waals surface area contributed by atoms with Gasteiger partial charge in [0.05, 0.1) is 21.3 Å². The van der Waals surface area contributed by atoms with Crippen molar-refractivity contribution in [1.29, 1.82) is 0 Å². The van der Waals surface area contributed by atoms with Crippen molar-refractivity contribution < 1.29 is 19.0 Å². The van der Waals surface area contributed by atoms with Crippen LogP contribution in [0.3, 0.4) is 0 Å². The normalized spacial score (nSPS) is 16.6. The molecule has 0 aromatic heterocycles. The van der Waals surface area contributed by atoms with Gasteiger partial charge in [0.15, 0.2) is 11.5 Å². The van der Waals surface area contributed by atoms with E-state index in [1.807, 2.05) is 24.3 Å². The lowest BCUT2D eigenvalue weighted by Crippen LogP contribution is -2.36. The Morgan fingerprint density at radius 3 is 2.39 bits per heavy atom. The fraction of sp³-hybridized carbons (Fsp3) is 0.480. The maximum atomic E-state index is 12.5. The first-order valence-corrected chi connectivity index (χ1v) is 11.0. The molecule has 168 valence electrons. The first-order valence-electron chi connectivity index (χ1n) is 11.0. The van der Waals surface area contributed by atoms with Gasteiger partial charge in [0.2, 0.25) is 11.7 Å². The van der Waals surface area contributed by atoms with E-state index < -0.39 is 0 Å². The number of carbonyl (C=O) groups excluding carboxylic acids is 1.